The van der Waals surface area contributed by atoms with Crippen LogP contribution in [0.25, 0.3) is 0 Å². The molecular weight excluding hydrogens is 178 g/mol. The van der Waals surface area contributed by atoms with E-state index in [-0.39, 0.29) is 12.6 Å². The van der Waals surface area contributed by atoms with Crippen molar-refractivity contribution in [3.8, 4) is 0 Å². The zero-order chi connectivity index (χ0) is 8.97. The Kier molecular flexibility index (Phi) is 3.25. The van der Waals surface area contributed by atoms with Crippen LogP contribution in [-0.2, 0) is 0 Å². The summed E-state index contributed by atoms with van der Waals surface area (Å²) in [4.78, 5) is 7.80. The third kappa shape index (κ3) is 2.64. The molecule has 0 amide bonds. The van der Waals surface area contributed by atoms with Gasteiger partial charge in [-0.25, -0.2) is 9.97 Å². The van der Waals surface area contributed by atoms with E-state index in [9.17, 15) is 0 Å². The van der Waals surface area contributed by atoms with Gasteiger partial charge in [0, 0.05) is 12.2 Å². The smallest absolute Gasteiger partial charge is 0.224 e. The lowest BCUT2D eigenvalue weighted by atomic mass is 10.4. The summed E-state index contributed by atoms with van der Waals surface area (Å²) in [6, 6.07) is 1.53. The lowest BCUT2D eigenvalue weighted by molar-refractivity contribution is 0.281. The van der Waals surface area contributed by atoms with Crippen LogP contribution in [0.2, 0.25) is 5.15 Å². The van der Waals surface area contributed by atoms with Gasteiger partial charge in [0.1, 0.15) is 5.15 Å². The summed E-state index contributed by atoms with van der Waals surface area (Å²) in [6.45, 7) is 1.86. The van der Waals surface area contributed by atoms with Crippen LogP contribution in [0.3, 0.4) is 0 Å². The summed E-state index contributed by atoms with van der Waals surface area (Å²) < 4.78 is 0. The van der Waals surface area contributed by atoms with E-state index in [0.717, 1.165) is 0 Å². The first-order valence-electron chi connectivity index (χ1n) is 3.58. The number of rotatable bonds is 3. The molecule has 66 valence electrons. The van der Waals surface area contributed by atoms with Gasteiger partial charge in [-0.2, -0.15) is 0 Å². The zero-order valence-corrected chi connectivity index (χ0v) is 7.41. The highest BCUT2D eigenvalue weighted by Crippen LogP contribution is 2.06. The van der Waals surface area contributed by atoms with Crippen LogP contribution in [0.4, 0.5) is 5.95 Å². The van der Waals surface area contributed by atoms with Crippen molar-refractivity contribution in [2.45, 2.75) is 13.0 Å². The highest BCUT2D eigenvalue weighted by Gasteiger charge is 2.01. The monoisotopic (exact) mass is 187 g/mol. The topological polar surface area (TPSA) is 58.0 Å². The second-order valence-electron chi connectivity index (χ2n) is 2.43. The first-order valence-corrected chi connectivity index (χ1v) is 3.96. The minimum Gasteiger partial charge on any atom is -0.394 e. The number of hydrogen-bond acceptors (Lipinski definition) is 4. The standard InChI is InChI=1S/C7H10ClN3O/c1-5(4-12)10-7-9-3-2-6(8)11-7/h2-3,5,12H,4H2,1H3,(H,9,10,11)/t5-/m0/s1. The highest BCUT2D eigenvalue weighted by atomic mass is 35.5. The van der Waals surface area contributed by atoms with Crippen molar-refractivity contribution in [1.29, 1.82) is 0 Å². The van der Waals surface area contributed by atoms with E-state index in [0.29, 0.717) is 11.1 Å². The van der Waals surface area contributed by atoms with E-state index in [1.807, 2.05) is 6.92 Å². The zero-order valence-electron chi connectivity index (χ0n) is 6.66. The van der Waals surface area contributed by atoms with Crippen molar-refractivity contribution in [3.63, 3.8) is 0 Å². The van der Waals surface area contributed by atoms with Gasteiger partial charge in [-0.3, -0.25) is 0 Å². The number of halogens is 1. The maximum atomic E-state index is 8.71. The predicted octanol–water partition coefficient (Wildman–Crippen LogP) is 0.923. The Bertz CT molecular complexity index is 256. The Balaban J connectivity index is 2.63. The SMILES string of the molecule is C[C@@H](CO)Nc1nccc(Cl)n1. The fraction of sp³-hybridized carbons (Fsp3) is 0.429. The summed E-state index contributed by atoms with van der Waals surface area (Å²) in [6.07, 6.45) is 1.56. The number of aliphatic hydroxyl groups excluding tert-OH is 1. The van der Waals surface area contributed by atoms with E-state index in [1.54, 1.807) is 12.3 Å². The minimum absolute atomic E-state index is 0.0376. The molecular formula is C7H10ClN3O. The van der Waals surface area contributed by atoms with E-state index < -0.39 is 0 Å². The molecule has 0 bridgehead atoms. The van der Waals surface area contributed by atoms with Crippen LogP contribution in [0.1, 0.15) is 6.92 Å². The Morgan fingerprint density at radius 2 is 2.50 bits per heavy atom. The highest BCUT2D eigenvalue weighted by molar-refractivity contribution is 6.29. The number of aromatic nitrogens is 2. The lowest BCUT2D eigenvalue weighted by Gasteiger charge is -2.09. The number of aliphatic hydroxyl groups is 1. The molecule has 5 heteroatoms. The van der Waals surface area contributed by atoms with Gasteiger partial charge in [0.2, 0.25) is 5.95 Å². The van der Waals surface area contributed by atoms with Crippen molar-refractivity contribution < 1.29 is 5.11 Å². The molecule has 0 radical (unpaired) electrons. The van der Waals surface area contributed by atoms with Crippen molar-refractivity contribution in [2.75, 3.05) is 11.9 Å². The second-order valence-corrected chi connectivity index (χ2v) is 2.82. The van der Waals surface area contributed by atoms with Crippen LogP contribution in [0.5, 0.6) is 0 Å². The van der Waals surface area contributed by atoms with Crippen molar-refractivity contribution in [3.05, 3.63) is 17.4 Å². The maximum Gasteiger partial charge on any atom is 0.224 e. The molecule has 1 rings (SSSR count). The van der Waals surface area contributed by atoms with Crippen molar-refractivity contribution in [2.24, 2.45) is 0 Å². The van der Waals surface area contributed by atoms with Gasteiger partial charge in [0.05, 0.1) is 6.61 Å². The van der Waals surface area contributed by atoms with E-state index in [4.69, 9.17) is 16.7 Å². The molecule has 0 unspecified atom stereocenters. The van der Waals surface area contributed by atoms with Crippen LogP contribution in [0, 0.1) is 0 Å². The van der Waals surface area contributed by atoms with Gasteiger partial charge >= 0.3 is 0 Å². The molecule has 0 saturated carbocycles. The molecule has 0 aliphatic rings. The molecule has 1 aromatic heterocycles. The third-order valence-corrected chi connectivity index (χ3v) is 1.48. The Labute approximate surface area is 75.6 Å². The number of hydrogen-bond donors (Lipinski definition) is 2. The van der Waals surface area contributed by atoms with Gasteiger partial charge in [0.15, 0.2) is 0 Å². The number of nitrogens with zero attached hydrogens (tertiary/aromatic N) is 2. The molecule has 2 N–H and O–H groups in total. The third-order valence-electron chi connectivity index (χ3n) is 1.27. The Morgan fingerprint density at radius 3 is 3.08 bits per heavy atom. The molecule has 0 spiro atoms. The van der Waals surface area contributed by atoms with E-state index >= 15 is 0 Å². The van der Waals surface area contributed by atoms with Gasteiger partial charge in [0.25, 0.3) is 0 Å². The summed E-state index contributed by atoms with van der Waals surface area (Å²) in [5.41, 5.74) is 0. The first kappa shape index (κ1) is 9.22. The minimum atomic E-state index is -0.0662. The second kappa shape index (κ2) is 4.23. The molecule has 4 nitrogen and oxygen atoms in total. The summed E-state index contributed by atoms with van der Waals surface area (Å²) in [7, 11) is 0. The normalized spacial score (nSPS) is 12.6. The fourth-order valence-electron chi connectivity index (χ4n) is 0.672. The van der Waals surface area contributed by atoms with E-state index in [2.05, 4.69) is 15.3 Å². The Hall–Kier alpha value is -0.870. The van der Waals surface area contributed by atoms with Crippen LogP contribution in [-0.4, -0.2) is 27.7 Å². The molecule has 1 aromatic rings. The maximum absolute atomic E-state index is 8.71. The first-order chi connectivity index (χ1) is 5.72. The van der Waals surface area contributed by atoms with E-state index in [1.165, 1.54) is 0 Å². The lowest BCUT2D eigenvalue weighted by Crippen LogP contribution is -2.20. The molecule has 1 atom stereocenters. The molecule has 0 saturated heterocycles. The average molecular weight is 188 g/mol. The summed E-state index contributed by atoms with van der Waals surface area (Å²) in [5.74, 6) is 0.434. The van der Waals surface area contributed by atoms with Crippen LogP contribution in [0.15, 0.2) is 12.3 Å². The van der Waals surface area contributed by atoms with Gasteiger partial charge in [-0.1, -0.05) is 11.6 Å². The molecule has 0 aromatic carbocycles. The molecule has 0 fully saturated rings. The average Bonchev–Trinajstić information content (AvgIpc) is 2.04. The largest absolute Gasteiger partial charge is 0.394 e. The number of anilines is 1. The van der Waals surface area contributed by atoms with Gasteiger partial charge < -0.3 is 10.4 Å². The molecule has 0 aliphatic carbocycles. The molecule has 12 heavy (non-hydrogen) atoms. The summed E-state index contributed by atoms with van der Waals surface area (Å²) in [5, 5.41) is 12.0. The van der Waals surface area contributed by atoms with Crippen molar-refractivity contribution >= 4 is 17.5 Å². The van der Waals surface area contributed by atoms with Gasteiger partial charge in [-0.05, 0) is 13.0 Å². The number of nitrogens with one attached hydrogen (secondary N) is 1. The molecule has 1 heterocycles. The predicted molar refractivity (Wildman–Crippen MR) is 47.2 cm³/mol. The fourth-order valence-corrected chi connectivity index (χ4v) is 0.809. The van der Waals surface area contributed by atoms with Crippen LogP contribution >= 0.6 is 11.6 Å². The Morgan fingerprint density at radius 1 is 1.75 bits per heavy atom. The summed E-state index contributed by atoms with van der Waals surface area (Å²) >= 11 is 5.62. The van der Waals surface area contributed by atoms with Crippen molar-refractivity contribution in [1.82, 2.24) is 9.97 Å². The van der Waals surface area contributed by atoms with Crippen LogP contribution < -0.4 is 5.32 Å². The molecule has 0 aliphatic heterocycles. The quantitative estimate of drug-likeness (QED) is 0.691. The van der Waals surface area contributed by atoms with Gasteiger partial charge in [-0.15, -0.1) is 0 Å².